The molecule has 4 rings (SSSR count). The third-order valence-corrected chi connectivity index (χ3v) is 9.19. The zero-order valence-electron chi connectivity index (χ0n) is 25.5. The second-order valence-corrected chi connectivity index (χ2v) is 14.3. The van der Waals surface area contributed by atoms with E-state index in [4.69, 9.17) is 9.47 Å². The molecule has 0 unspecified atom stereocenters. The lowest BCUT2D eigenvalue weighted by Gasteiger charge is -2.36. The average molecular weight is 594 g/mol. The van der Waals surface area contributed by atoms with E-state index in [2.05, 4.69) is 44.9 Å². The SMILES string of the molecule is CCOc1cccc(-c2cc(CN3CCN(c4ccc(C(=O)NS(=O)(=O)C(C)(C)C)cc4)CC3)cc(OC(C)C)c2)c1. The van der Waals surface area contributed by atoms with Gasteiger partial charge < -0.3 is 14.4 Å². The van der Waals surface area contributed by atoms with Gasteiger partial charge in [-0.1, -0.05) is 12.1 Å². The molecule has 1 saturated heterocycles. The van der Waals surface area contributed by atoms with Crippen molar-refractivity contribution in [2.75, 3.05) is 37.7 Å². The fourth-order valence-corrected chi connectivity index (χ4v) is 5.44. The highest BCUT2D eigenvalue weighted by atomic mass is 32.2. The van der Waals surface area contributed by atoms with Crippen LogP contribution < -0.4 is 19.1 Å². The maximum Gasteiger partial charge on any atom is 0.264 e. The van der Waals surface area contributed by atoms with E-state index < -0.39 is 20.7 Å². The Labute approximate surface area is 250 Å². The quantitative estimate of drug-likeness (QED) is 0.322. The summed E-state index contributed by atoms with van der Waals surface area (Å²) in [5.41, 5.74) is 4.71. The van der Waals surface area contributed by atoms with Crippen LogP contribution in [0, 0.1) is 0 Å². The lowest BCUT2D eigenvalue weighted by molar-refractivity contribution is 0.0980. The van der Waals surface area contributed by atoms with Crippen molar-refractivity contribution in [1.29, 1.82) is 0 Å². The van der Waals surface area contributed by atoms with Gasteiger partial charge in [-0.15, -0.1) is 0 Å². The molecule has 226 valence electrons. The number of benzene rings is 3. The molecule has 1 aliphatic rings. The second-order valence-electron chi connectivity index (χ2n) is 11.9. The van der Waals surface area contributed by atoms with E-state index in [1.165, 1.54) is 5.56 Å². The molecule has 1 N–H and O–H groups in total. The first-order chi connectivity index (χ1) is 19.8. The van der Waals surface area contributed by atoms with Crippen LogP contribution in [0.2, 0.25) is 0 Å². The van der Waals surface area contributed by atoms with Crippen LogP contribution >= 0.6 is 0 Å². The van der Waals surface area contributed by atoms with Gasteiger partial charge in [0.15, 0.2) is 0 Å². The zero-order valence-corrected chi connectivity index (χ0v) is 26.3. The van der Waals surface area contributed by atoms with Crippen molar-refractivity contribution in [2.45, 2.75) is 58.9 Å². The van der Waals surface area contributed by atoms with Crippen molar-refractivity contribution in [3.05, 3.63) is 77.9 Å². The molecule has 1 aliphatic heterocycles. The molecular formula is C33H43N3O5S. The Morgan fingerprint density at radius 1 is 0.905 bits per heavy atom. The van der Waals surface area contributed by atoms with Crippen LogP contribution in [0.25, 0.3) is 11.1 Å². The van der Waals surface area contributed by atoms with Crippen LogP contribution in [0.1, 0.15) is 57.5 Å². The third-order valence-electron chi connectivity index (χ3n) is 7.12. The maximum absolute atomic E-state index is 12.5. The minimum Gasteiger partial charge on any atom is -0.494 e. The molecule has 0 bridgehead atoms. The molecule has 0 aliphatic carbocycles. The Balaban J connectivity index is 1.41. The van der Waals surface area contributed by atoms with Gasteiger partial charge in [0.1, 0.15) is 11.5 Å². The van der Waals surface area contributed by atoms with Crippen molar-refractivity contribution in [3.8, 4) is 22.6 Å². The van der Waals surface area contributed by atoms with Crippen LogP contribution in [-0.2, 0) is 16.6 Å². The van der Waals surface area contributed by atoms with Crippen molar-refractivity contribution in [3.63, 3.8) is 0 Å². The summed E-state index contributed by atoms with van der Waals surface area (Å²) in [7, 11) is -3.77. The fraction of sp³-hybridized carbons (Fsp3) is 0.424. The van der Waals surface area contributed by atoms with Gasteiger partial charge in [-0.05, 0) is 113 Å². The number of nitrogens with zero attached hydrogens (tertiary/aromatic N) is 2. The number of amides is 1. The molecule has 1 amide bonds. The number of nitrogens with one attached hydrogen (secondary N) is 1. The summed E-state index contributed by atoms with van der Waals surface area (Å²) in [6.45, 7) is 15.6. The summed E-state index contributed by atoms with van der Waals surface area (Å²) >= 11 is 0. The van der Waals surface area contributed by atoms with E-state index in [9.17, 15) is 13.2 Å². The zero-order chi connectivity index (χ0) is 30.5. The number of ether oxygens (including phenoxy) is 2. The second kappa shape index (κ2) is 13.2. The summed E-state index contributed by atoms with van der Waals surface area (Å²) in [4.78, 5) is 17.2. The van der Waals surface area contributed by atoms with Gasteiger partial charge in [0.25, 0.3) is 5.91 Å². The van der Waals surface area contributed by atoms with Gasteiger partial charge in [-0.2, -0.15) is 0 Å². The van der Waals surface area contributed by atoms with Gasteiger partial charge in [0.2, 0.25) is 10.0 Å². The molecule has 0 aromatic heterocycles. The summed E-state index contributed by atoms with van der Waals surface area (Å²) in [6.07, 6.45) is 0.0757. The first-order valence-electron chi connectivity index (χ1n) is 14.5. The van der Waals surface area contributed by atoms with Crippen molar-refractivity contribution < 1.29 is 22.7 Å². The molecule has 0 saturated carbocycles. The van der Waals surface area contributed by atoms with Gasteiger partial charge in [-0.3, -0.25) is 9.69 Å². The molecular weight excluding hydrogens is 550 g/mol. The van der Waals surface area contributed by atoms with Crippen molar-refractivity contribution in [2.24, 2.45) is 0 Å². The monoisotopic (exact) mass is 593 g/mol. The number of hydrogen-bond donors (Lipinski definition) is 1. The fourth-order valence-electron chi connectivity index (χ4n) is 4.77. The predicted octanol–water partition coefficient (Wildman–Crippen LogP) is 5.72. The average Bonchev–Trinajstić information content (AvgIpc) is 2.92. The van der Waals surface area contributed by atoms with E-state index >= 15 is 0 Å². The lowest BCUT2D eigenvalue weighted by Crippen LogP contribution is -2.46. The summed E-state index contributed by atoms with van der Waals surface area (Å²) in [6, 6.07) is 21.7. The predicted molar refractivity (Wildman–Crippen MR) is 169 cm³/mol. The minimum absolute atomic E-state index is 0.0757. The first-order valence-corrected chi connectivity index (χ1v) is 16.0. The number of carbonyl (C=O) groups excluding carboxylic acids is 1. The first kappa shape index (κ1) is 31.4. The molecule has 3 aromatic carbocycles. The lowest BCUT2D eigenvalue weighted by atomic mass is 10.0. The number of piperazine rings is 1. The highest BCUT2D eigenvalue weighted by Gasteiger charge is 2.31. The number of sulfonamides is 1. The largest absolute Gasteiger partial charge is 0.494 e. The molecule has 1 heterocycles. The van der Waals surface area contributed by atoms with Crippen LogP contribution in [-0.4, -0.2) is 62.9 Å². The van der Waals surface area contributed by atoms with Crippen LogP contribution in [0.5, 0.6) is 11.5 Å². The van der Waals surface area contributed by atoms with Crippen molar-refractivity contribution >= 4 is 21.6 Å². The molecule has 0 atom stereocenters. The molecule has 9 heteroatoms. The Morgan fingerprint density at radius 2 is 1.57 bits per heavy atom. The van der Waals surface area contributed by atoms with Crippen molar-refractivity contribution in [1.82, 2.24) is 9.62 Å². The third kappa shape index (κ3) is 8.04. The van der Waals surface area contributed by atoms with E-state index in [-0.39, 0.29) is 6.10 Å². The molecule has 42 heavy (non-hydrogen) atoms. The normalized spacial score (nSPS) is 14.6. The number of carbonyl (C=O) groups is 1. The highest BCUT2D eigenvalue weighted by Crippen LogP contribution is 2.30. The standard InChI is InChI=1S/C33H43N3O5S/c1-7-40-30-10-8-9-27(21-30)28-19-25(20-31(22-28)41-24(2)3)23-35-15-17-36(18-16-35)29-13-11-26(12-14-29)32(37)34-42(38,39)33(4,5)6/h8-14,19-22,24H,7,15-18,23H2,1-6H3,(H,34,37). The Morgan fingerprint density at radius 3 is 2.19 bits per heavy atom. The van der Waals surface area contributed by atoms with E-state index in [1.54, 1.807) is 32.9 Å². The Hall–Kier alpha value is -3.56. The summed E-state index contributed by atoms with van der Waals surface area (Å²) in [5, 5.41) is 0. The maximum atomic E-state index is 12.5. The smallest absolute Gasteiger partial charge is 0.264 e. The topological polar surface area (TPSA) is 88.2 Å². The summed E-state index contributed by atoms with van der Waals surface area (Å²) < 4.78 is 37.6. The molecule has 3 aromatic rings. The Kier molecular flexibility index (Phi) is 9.84. The van der Waals surface area contributed by atoms with E-state index in [0.29, 0.717) is 12.2 Å². The molecule has 0 radical (unpaired) electrons. The van der Waals surface area contributed by atoms with Crippen LogP contribution in [0.15, 0.2) is 66.7 Å². The van der Waals surface area contributed by atoms with Gasteiger partial charge in [-0.25, -0.2) is 13.1 Å². The van der Waals surface area contributed by atoms with Gasteiger partial charge >= 0.3 is 0 Å². The molecule has 1 fully saturated rings. The number of rotatable bonds is 10. The Bertz CT molecular complexity index is 1470. The van der Waals surface area contributed by atoms with Crippen LogP contribution in [0.3, 0.4) is 0 Å². The summed E-state index contributed by atoms with van der Waals surface area (Å²) in [5.74, 6) is 1.10. The van der Waals surface area contributed by atoms with E-state index in [0.717, 1.165) is 61.0 Å². The number of anilines is 1. The molecule has 8 nitrogen and oxygen atoms in total. The van der Waals surface area contributed by atoms with E-state index in [1.807, 2.05) is 45.0 Å². The minimum atomic E-state index is -3.77. The highest BCUT2D eigenvalue weighted by molar-refractivity contribution is 7.91. The van der Waals surface area contributed by atoms with Gasteiger partial charge in [0, 0.05) is 44.0 Å². The molecule has 0 spiro atoms. The van der Waals surface area contributed by atoms with Gasteiger partial charge in [0.05, 0.1) is 17.5 Å². The number of hydrogen-bond acceptors (Lipinski definition) is 7. The van der Waals surface area contributed by atoms with Crippen LogP contribution in [0.4, 0.5) is 5.69 Å².